The third kappa shape index (κ3) is 3.22. The van der Waals surface area contributed by atoms with Crippen molar-refractivity contribution in [2.24, 2.45) is 23.2 Å². The first-order chi connectivity index (χ1) is 12.4. The average molecular weight is 348 g/mol. The molecule has 1 saturated carbocycles. The highest BCUT2D eigenvalue weighted by Gasteiger charge is 2.48. The molecule has 0 N–H and O–H groups in total. The smallest absolute Gasteiger partial charge is 0.0379 e. The SMILES string of the molecule is CN1[C@H](c2ccccc2)[C@H]2CC(C(C)(C)C)C[C@@H](C2)[C@@H]1c1ccccc1. The van der Waals surface area contributed by atoms with Crippen LogP contribution in [0.25, 0.3) is 0 Å². The fourth-order valence-corrected chi connectivity index (χ4v) is 5.78. The third-order valence-corrected chi connectivity index (χ3v) is 7.06. The van der Waals surface area contributed by atoms with Gasteiger partial charge in [-0.05, 0) is 60.6 Å². The number of piperidine rings is 1. The van der Waals surface area contributed by atoms with Crippen LogP contribution in [0.2, 0.25) is 0 Å². The van der Waals surface area contributed by atoms with Crippen LogP contribution in [-0.2, 0) is 0 Å². The van der Waals surface area contributed by atoms with E-state index >= 15 is 0 Å². The molecule has 2 fully saturated rings. The second-order valence-corrected chi connectivity index (χ2v) is 9.67. The van der Waals surface area contributed by atoms with E-state index in [1.54, 1.807) is 0 Å². The number of benzene rings is 2. The van der Waals surface area contributed by atoms with Crippen molar-refractivity contribution in [3.63, 3.8) is 0 Å². The maximum Gasteiger partial charge on any atom is 0.0379 e. The van der Waals surface area contributed by atoms with Gasteiger partial charge in [-0.1, -0.05) is 81.4 Å². The highest BCUT2D eigenvalue weighted by molar-refractivity contribution is 5.26. The van der Waals surface area contributed by atoms with E-state index in [0.29, 0.717) is 17.5 Å². The molecule has 0 spiro atoms. The van der Waals surface area contributed by atoms with Crippen molar-refractivity contribution in [1.82, 2.24) is 4.90 Å². The minimum atomic E-state index is 0.398. The zero-order valence-corrected chi connectivity index (χ0v) is 16.7. The Morgan fingerprint density at radius 2 is 1.12 bits per heavy atom. The Labute approximate surface area is 159 Å². The molecule has 4 rings (SSSR count). The van der Waals surface area contributed by atoms with Crippen molar-refractivity contribution < 1.29 is 0 Å². The third-order valence-electron chi connectivity index (χ3n) is 7.06. The molecule has 2 aromatic rings. The molecule has 1 heterocycles. The lowest BCUT2D eigenvalue weighted by Gasteiger charge is -2.55. The molecule has 5 atom stereocenters. The second kappa shape index (κ2) is 6.85. The van der Waals surface area contributed by atoms with Crippen LogP contribution in [-0.4, -0.2) is 11.9 Å². The van der Waals surface area contributed by atoms with E-state index in [2.05, 4.69) is 93.4 Å². The van der Waals surface area contributed by atoms with Crippen LogP contribution in [0.4, 0.5) is 0 Å². The van der Waals surface area contributed by atoms with E-state index in [9.17, 15) is 0 Å². The maximum atomic E-state index is 2.70. The molecular weight excluding hydrogens is 314 g/mol. The van der Waals surface area contributed by atoms with Gasteiger partial charge in [-0.3, -0.25) is 4.90 Å². The molecule has 26 heavy (non-hydrogen) atoms. The molecule has 138 valence electrons. The first-order valence-corrected chi connectivity index (χ1v) is 10.3. The highest BCUT2D eigenvalue weighted by atomic mass is 15.2. The van der Waals surface area contributed by atoms with Gasteiger partial charge in [0.2, 0.25) is 0 Å². The summed E-state index contributed by atoms with van der Waals surface area (Å²) in [5.41, 5.74) is 3.39. The molecule has 1 heteroatoms. The lowest BCUT2D eigenvalue weighted by molar-refractivity contribution is -0.0512. The number of hydrogen-bond donors (Lipinski definition) is 0. The zero-order chi connectivity index (χ0) is 18.3. The Morgan fingerprint density at radius 3 is 1.50 bits per heavy atom. The summed E-state index contributed by atoms with van der Waals surface area (Å²) < 4.78 is 0. The molecule has 1 saturated heterocycles. The summed E-state index contributed by atoms with van der Waals surface area (Å²) in [6.07, 6.45) is 4.10. The summed E-state index contributed by atoms with van der Waals surface area (Å²) in [6.45, 7) is 7.33. The highest BCUT2D eigenvalue weighted by Crippen LogP contribution is 2.56. The predicted octanol–water partition coefficient (Wildman–Crippen LogP) is 6.49. The van der Waals surface area contributed by atoms with Crippen molar-refractivity contribution >= 4 is 0 Å². The summed E-state index contributed by atoms with van der Waals surface area (Å²) in [4.78, 5) is 2.70. The quantitative estimate of drug-likeness (QED) is 0.600. The number of nitrogens with zero attached hydrogens (tertiary/aromatic N) is 1. The fraction of sp³-hybridized carbons (Fsp3) is 0.520. The number of rotatable bonds is 2. The van der Waals surface area contributed by atoms with Crippen LogP contribution in [0, 0.1) is 23.2 Å². The first-order valence-electron chi connectivity index (χ1n) is 10.3. The summed E-state index contributed by atoms with van der Waals surface area (Å²) in [5.74, 6) is 2.35. The molecule has 2 bridgehead atoms. The predicted molar refractivity (Wildman–Crippen MR) is 110 cm³/mol. The minimum absolute atomic E-state index is 0.398. The molecule has 2 aliphatic rings. The average Bonchev–Trinajstić information content (AvgIpc) is 2.62. The Morgan fingerprint density at radius 1 is 0.692 bits per heavy atom. The number of likely N-dealkylation sites (tertiary alicyclic amines) is 1. The van der Waals surface area contributed by atoms with Gasteiger partial charge in [-0.2, -0.15) is 0 Å². The fourth-order valence-electron chi connectivity index (χ4n) is 5.78. The van der Waals surface area contributed by atoms with Gasteiger partial charge in [0.25, 0.3) is 0 Å². The van der Waals surface area contributed by atoms with E-state index < -0.39 is 0 Å². The first kappa shape index (κ1) is 17.8. The van der Waals surface area contributed by atoms with Crippen LogP contribution in [0.5, 0.6) is 0 Å². The van der Waals surface area contributed by atoms with Gasteiger partial charge in [0, 0.05) is 12.1 Å². The van der Waals surface area contributed by atoms with Gasteiger partial charge in [0.15, 0.2) is 0 Å². The van der Waals surface area contributed by atoms with Crippen LogP contribution in [0.3, 0.4) is 0 Å². The molecule has 0 amide bonds. The van der Waals surface area contributed by atoms with Crippen molar-refractivity contribution in [1.29, 1.82) is 0 Å². The lowest BCUT2D eigenvalue weighted by atomic mass is 9.59. The zero-order valence-electron chi connectivity index (χ0n) is 16.7. The van der Waals surface area contributed by atoms with Crippen LogP contribution in [0.15, 0.2) is 60.7 Å². The maximum absolute atomic E-state index is 2.70. The van der Waals surface area contributed by atoms with E-state index in [1.165, 1.54) is 30.4 Å². The Bertz CT molecular complexity index is 659. The minimum Gasteiger partial charge on any atom is -0.292 e. The monoisotopic (exact) mass is 347 g/mol. The molecule has 0 aromatic heterocycles. The summed E-state index contributed by atoms with van der Waals surface area (Å²) >= 11 is 0. The normalized spacial score (nSPS) is 32.4. The van der Waals surface area contributed by atoms with E-state index in [4.69, 9.17) is 0 Å². The Hall–Kier alpha value is -1.60. The Kier molecular flexibility index (Phi) is 4.69. The Balaban J connectivity index is 1.75. The van der Waals surface area contributed by atoms with Crippen molar-refractivity contribution in [2.45, 2.75) is 52.1 Å². The molecular formula is C25H33N. The molecule has 1 aliphatic carbocycles. The van der Waals surface area contributed by atoms with Crippen molar-refractivity contribution in [3.05, 3.63) is 71.8 Å². The van der Waals surface area contributed by atoms with E-state index in [-0.39, 0.29) is 0 Å². The van der Waals surface area contributed by atoms with Gasteiger partial charge >= 0.3 is 0 Å². The van der Waals surface area contributed by atoms with Gasteiger partial charge in [0.1, 0.15) is 0 Å². The number of hydrogen-bond acceptors (Lipinski definition) is 1. The molecule has 1 aliphatic heterocycles. The van der Waals surface area contributed by atoms with Gasteiger partial charge < -0.3 is 0 Å². The van der Waals surface area contributed by atoms with Crippen LogP contribution in [0.1, 0.15) is 63.2 Å². The summed E-state index contributed by atoms with van der Waals surface area (Å²) in [5, 5.41) is 0. The van der Waals surface area contributed by atoms with Gasteiger partial charge in [-0.25, -0.2) is 0 Å². The standard InChI is InChI=1S/C25H33N/c1-25(2,3)22-16-20-15-21(17-22)24(19-13-9-6-10-14-19)26(4)23(20)18-11-7-5-8-12-18/h5-14,20-24H,15-17H2,1-4H3/t20-,21-,22?,23-,24+/m1/s1. The lowest BCUT2D eigenvalue weighted by Crippen LogP contribution is -2.48. The van der Waals surface area contributed by atoms with Crippen molar-refractivity contribution in [2.75, 3.05) is 7.05 Å². The molecule has 0 radical (unpaired) electrons. The molecule has 2 aromatic carbocycles. The van der Waals surface area contributed by atoms with Crippen molar-refractivity contribution in [3.8, 4) is 0 Å². The summed E-state index contributed by atoms with van der Waals surface area (Å²) in [7, 11) is 2.37. The summed E-state index contributed by atoms with van der Waals surface area (Å²) in [6, 6.07) is 23.5. The molecule has 1 unspecified atom stereocenters. The second-order valence-electron chi connectivity index (χ2n) is 9.67. The van der Waals surface area contributed by atoms with E-state index in [1.807, 2.05) is 0 Å². The molecule has 1 nitrogen and oxygen atoms in total. The topological polar surface area (TPSA) is 3.24 Å². The van der Waals surface area contributed by atoms with Crippen LogP contribution < -0.4 is 0 Å². The van der Waals surface area contributed by atoms with Gasteiger partial charge in [-0.15, -0.1) is 0 Å². The van der Waals surface area contributed by atoms with Crippen LogP contribution >= 0.6 is 0 Å². The van der Waals surface area contributed by atoms with Gasteiger partial charge in [0.05, 0.1) is 0 Å². The van der Waals surface area contributed by atoms with E-state index in [0.717, 1.165) is 17.8 Å². The largest absolute Gasteiger partial charge is 0.292 e. The number of fused-ring (bicyclic) bond motifs is 2.